The Morgan fingerprint density at radius 3 is 1.22 bits per heavy atom. The second kappa shape index (κ2) is 29.9. The standard InChI is InChI=1S/C10H12N2.3C10H15N.3C9H14N2/c1-5-8-6-7-11-9(12-8)10(2,3)4;1-8-7-9(5-6-11-8)10(2,3)4;1-8-9(10(2,3)4)6-5-7-11-8;1-8-6-5-7-9(11-8)10(2,3)4;1-7-5-8(9(2,3)4)11-6-10-7;1-7-10-6-5-8(11-7)9(2,3)4;1-7-5-6-10-8(11-7)9(2,3)4/h1,6-7H,2-4H3;3*5-7H,1-4H3;3*5-6H,1-4H3. The number of rotatable bonds is 0. The highest BCUT2D eigenvalue weighted by atomic mass is 14.9. The van der Waals surface area contributed by atoms with Crippen molar-refractivity contribution in [2.75, 3.05) is 0 Å². The molecule has 0 aliphatic carbocycles. The maximum atomic E-state index is 5.22. The van der Waals surface area contributed by atoms with E-state index < -0.39 is 0 Å². The van der Waals surface area contributed by atoms with Crippen LogP contribution in [0.4, 0.5) is 0 Å². The van der Waals surface area contributed by atoms with Crippen LogP contribution >= 0.6 is 0 Å². The molecule has 0 saturated carbocycles. The lowest BCUT2D eigenvalue weighted by molar-refractivity contribution is 0.543. The fraction of sp³-hybridized carbons (Fsp3) is 0.507. The van der Waals surface area contributed by atoms with E-state index in [0.717, 1.165) is 63.0 Å². The third-order valence-corrected chi connectivity index (χ3v) is 11.3. The molecule has 7 aromatic heterocycles. The summed E-state index contributed by atoms with van der Waals surface area (Å²) in [6, 6.07) is 22.1. The van der Waals surface area contributed by atoms with Gasteiger partial charge in [0.2, 0.25) is 0 Å². The maximum absolute atomic E-state index is 5.22. The largest absolute Gasteiger partial charge is 0.262 e. The Balaban J connectivity index is 0.000000455. The number of nitrogens with zero attached hydrogens (tertiary/aromatic N) is 11. The van der Waals surface area contributed by atoms with Gasteiger partial charge in [-0.3, -0.25) is 15.0 Å². The summed E-state index contributed by atoms with van der Waals surface area (Å²) in [7, 11) is 0. The summed E-state index contributed by atoms with van der Waals surface area (Å²) in [4.78, 5) is 46.4. The van der Waals surface area contributed by atoms with Crippen molar-refractivity contribution >= 4 is 0 Å². The zero-order chi connectivity index (χ0) is 60.1. The number of terminal acetylenes is 1. The van der Waals surface area contributed by atoms with Gasteiger partial charge in [0.05, 0.1) is 0 Å². The van der Waals surface area contributed by atoms with Gasteiger partial charge in [0, 0.05) is 104 Å². The van der Waals surface area contributed by atoms with Gasteiger partial charge in [-0.2, -0.15) is 0 Å². The second-order valence-electron chi connectivity index (χ2n) is 26.7. The smallest absolute Gasteiger partial charge is 0.135 e. The summed E-state index contributed by atoms with van der Waals surface area (Å²) in [5, 5.41) is 0. The number of hydrogen-bond donors (Lipinski definition) is 0. The van der Waals surface area contributed by atoms with Crippen LogP contribution in [-0.4, -0.2) is 54.8 Å². The lowest BCUT2D eigenvalue weighted by atomic mass is 9.86. The monoisotopic (exact) mass is 1060 g/mol. The number of aromatic nitrogens is 11. The third kappa shape index (κ3) is 27.6. The van der Waals surface area contributed by atoms with Crippen LogP contribution < -0.4 is 0 Å². The molecule has 0 saturated heterocycles. The molecule has 0 N–H and O–H groups in total. The van der Waals surface area contributed by atoms with Gasteiger partial charge in [0.15, 0.2) is 0 Å². The molecule has 0 bridgehead atoms. The van der Waals surface area contributed by atoms with Crippen LogP contribution in [0.2, 0.25) is 0 Å². The Labute approximate surface area is 473 Å². The Hall–Kier alpha value is -6.67. The fourth-order valence-corrected chi connectivity index (χ4v) is 6.60. The van der Waals surface area contributed by atoms with Gasteiger partial charge in [0.25, 0.3) is 0 Å². The van der Waals surface area contributed by atoms with Crippen molar-refractivity contribution in [3.8, 4) is 12.3 Å². The van der Waals surface area contributed by atoms with Crippen LogP contribution in [0.1, 0.15) is 225 Å². The molecule has 0 radical (unpaired) electrons. The van der Waals surface area contributed by atoms with E-state index in [9.17, 15) is 0 Å². The Morgan fingerprint density at radius 1 is 0.346 bits per heavy atom. The molecule has 0 aliphatic rings. The summed E-state index contributed by atoms with van der Waals surface area (Å²) >= 11 is 0. The minimum atomic E-state index is -0.0349. The van der Waals surface area contributed by atoms with Crippen LogP contribution in [0.15, 0.2) is 104 Å². The van der Waals surface area contributed by atoms with Crippen molar-refractivity contribution in [1.82, 2.24) is 54.8 Å². The molecule has 7 aromatic rings. The normalized spacial score (nSPS) is 11.5. The molecular weight excluding hydrogens is 959 g/mol. The first kappa shape index (κ1) is 69.3. The average molecular weight is 1060 g/mol. The predicted molar refractivity (Wildman–Crippen MR) is 328 cm³/mol. The molecule has 78 heavy (non-hydrogen) atoms. The van der Waals surface area contributed by atoms with E-state index in [1.165, 1.54) is 11.1 Å². The van der Waals surface area contributed by atoms with Crippen molar-refractivity contribution in [3.63, 3.8) is 0 Å². The molecule has 0 atom stereocenters. The SMILES string of the molecule is C#Cc1ccnc(C(C)(C)C)n1.Cc1cc(C(C)(C)C)ccn1.Cc1cc(C(C)(C)C)ncn1.Cc1cccc(C(C)(C)C)n1.Cc1ccnc(C(C)(C)C)n1.Cc1nccc(C(C)(C)C)n1.Cc1ncccc1C(C)(C)C. The maximum Gasteiger partial charge on any atom is 0.135 e. The van der Waals surface area contributed by atoms with E-state index in [-0.39, 0.29) is 37.9 Å². The molecular formula is C67H99N11. The van der Waals surface area contributed by atoms with Gasteiger partial charge >= 0.3 is 0 Å². The Kier molecular flexibility index (Phi) is 26.6. The summed E-state index contributed by atoms with van der Waals surface area (Å²) in [5.74, 6) is 5.04. The molecule has 0 aliphatic heterocycles. The van der Waals surface area contributed by atoms with E-state index in [1.807, 2.05) is 89.7 Å². The van der Waals surface area contributed by atoms with Gasteiger partial charge in [-0.05, 0) is 118 Å². The fourth-order valence-electron chi connectivity index (χ4n) is 6.60. The summed E-state index contributed by atoms with van der Waals surface area (Å²) < 4.78 is 0. The van der Waals surface area contributed by atoms with Crippen LogP contribution in [0.5, 0.6) is 0 Å². The van der Waals surface area contributed by atoms with Crippen molar-refractivity contribution in [2.24, 2.45) is 0 Å². The number of pyridine rings is 3. The summed E-state index contributed by atoms with van der Waals surface area (Å²) in [6.07, 6.45) is 15.9. The quantitative estimate of drug-likeness (QED) is 0.134. The lowest BCUT2D eigenvalue weighted by Gasteiger charge is -2.20. The predicted octanol–water partition coefficient (Wildman–Crippen LogP) is 16.1. The van der Waals surface area contributed by atoms with E-state index in [4.69, 9.17) is 6.42 Å². The van der Waals surface area contributed by atoms with Gasteiger partial charge < -0.3 is 0 Å². The molecule has 7 heterocycles. The zero-order valence-corrected chi connectivity index (χ0v) is 53.3. The van der Waals surface area contributed by atoms with Crippen molar-refractivity contribution in [1.29, 1.82) is 0 Å². The van der Waals surface area contributed by atoms with Crippen LogP contribution in [0.25, 0.3) is 0 Å². The molecule has 0 fully saturated rings. The highest BCUT2D eigenvalue weighted by Crippen LogP contribution is 2.25. The minimum absolute atomic E-state index is 0.0349. The Morgan fingerprint density at radius 2 is 0.846 bits per heavy atom. The van der Waals surface area contributed by atoms with Gasteiger partial charge in [0.1, 0.15) is 29.5 Å². The summed E-state index contributed by atoms with van der Waals surface area (Å²) in [6.45, 7) is 57.2. The lowest BCUT2D eigenvalue weighted by Crippen LogP contribution is -2.16. The molecule has 422 valence electrons. The first-order chi connectivity index (χ1) is 35.5. The minimum Gasteiger partial charge on any atom is -0.262 e. The van der Waals surface area contributed by atoms with Crippen LogP contribution in [0, 0.1) is 53.9 Å². The molecule has 0 unspecified atom stereocenters. The molecule has 7 rings (SSSR count). The van der Waals surface area contributed by atoms with Gasteiger partial charge in [-0.25, -0.2) is 39.9 Å². The van der Waals surface area contributed by atoms with Crippen molar-refractivity contribution in [2.45, 2.75) is 225 Å². The van der Waals surface area contributed by atoms with E-state index in [1.54, 1.807) is 18.6 Å². The molecule has 0 spiro atoms. The second-order valence-corrected chi connectivity index (χ2v) is 26.7. The molecule has 0 amide bonds. The van der Waals surface area contributed by atoms with E-state index in [2.05, 4.69) is 243 Å². The van der Waals surface area contributed by atoms with Crippen LogP contribution in [0.3, 0.4) is 0 Å². The molecule has 11 heteroatoms. The van der Waals surface area contributed by atoms with Gasteiger partial charge in [-0.1, -0.05) is 163 Å². The number of hydrogen-bond acceptors (Lipinski definition) is 11. The topological polar surface area (TPSA) is 142 Å². The summed E-state index contributed by atoms with van der Waals surface area (Å²) in [5.41, 5.74) is 13.0. The van der Waals surface area contributed by atoms with Gasteiger partial charge in [-0.15, -0.1) is 6.42 Å². The van der Waals surface area contributed by atoms with E-state index >= 15 is 0 Å². The third-order valence-electron chi connectivity index (χ3n) is 11.3. The molecule has 0 aromatic carbocycles. The zero-order valence-electron chi connectivity index (χ0n) is 53.3. The average Bonchev–Trinajstić information content (AvgIpc) is 3.31. The van der Waals surface area contributed by atoms with Crippen molar-refractivity contribution in [3.05, 3.63) is 184 Å². The highest BCUT2D eigenvalue weighted by molar-refractivity contribution is 5.26. The molecule has 11 nitrogen and oxygen atoms in total. The van der Waals surface area contributed by atoms with E-state index in [0.29, 0.717) is 5.69 Å². The first-order valence-electron chi connectivity index (χ1n) is 27.0. The van der Waals surface area contributed by atoms with Crippen LogP contribution in [-0.2, 0) is 37.9 Å². The van der Waals surface area contributed by atoms with Crippen molar-refractivity contribution < 1.29 is 0 Å². The Bertz CT molecular complexity index is 2600. The number of aryl methyl sites for hydroxylation is 6. The highest BCUT2D eigenvalue weighted by Gasteiger charge is 2.20. The first-order valence-corrected chi connectivity index (χ1v) is 27.0.